The molecule has 8 aromatic rings. The normalized spacial score (nSPS) is 11.1. The number of nitro groups is 1. The number of carbonyl (C=O) groups excluding carboxylic acids is 3. The van der Waals surface area contributed by atoms with Gasteiger partial charge in [-0.15, -0.1) is 10.2 Å². The number of phenols is 2. The predicted octanol–water partition coefficient (Wildman–Crippen LogP) is 17.4. The fourth-order valence-electron chi connectivity index (χ4n) is 9.96. The van der Waals surface area contributed by atoms with Crippen molar-refractivity contribution in [1.29, 1.82) is 0 Å². The van der Waals surface area contributed by atoms with Crippen LogP contribution in [-0.4, -0.2) is 117 Å². The van der Waals surface area contributed by atoms with Gasteiger partial charge in [0.1, 0.15) is 28.7 Å². The summed E-state index contributed by atoms with van der Waals surface area (Å²) in [5, 5.41) is 58.7. The van der Waals surface area contributed by atoms with Crippen molar-refractivity contribution in [2.45, 2.75) is 124 Å². The Morgan fingerprint density at radius 1 is 0.634 bits per heavy atom. The average Bonchev–Trinajstić information content (AvgIpc) is 0.950. The average molecular weight is 1340 g/mol. The number of carboxylic acid groups (broad SMARTS) is 1. The number of benzene rings is 7. The Labute approximate surface area is 560 Å². The molecule has 0 unspecified atom stereocenters. The van der Waals surface area contributed by atoms with Crippen LogP contribution in [0.2, 0.25) is 0 Å². The number of carbonyl (C=O) groups is 4. The lowest BCUT2D eigenvalue weighted by Crippen LogP contribution is -2.25. The van der Waals surface area contributed by atoms with E-state index in [-0.39, 0.29) is 56.5 Å². The maximum absolute atomic E-state index is 13.6. The maximum atomic E-state index is 13.6. The van der Waals surface area contributed by atoms with E-state index in [2.05, 4.69) is 33.8 Å². The molecule has 0 aliphatic carbocycles. The smallest absolute Gasteiger partial charge is 0.313 e. The maximum Gasteiger partial charge on any atom is 0.313 e. The minimum Gasteiger partial charge on any atom is -0.506 e. The molecule has 0 saturated heterocycles. The highest BCUT2D eigenvalue weighted by atomic mass is 32.2. The van der Waals surface area contributed by atoms with Crippen molar-refractivity contribution in [3.05, 3.63) is 154 Å². The van der Waals surface area contributed by atoms with Gasteiger partial charge in [-0.1, -0.05) is 203 Å². The Bertz CT molecular complexity index is 3810. The highest BCUT2D eigenvalue weighted by molar-refractivity contribution is 8.13. The van der Waals surface area contributed by atoms with E-state index < -0.39 is 22.7 Å². The molecule has 0 aliphatic rings. The van der Waals surface area contributed by atoms with E-state index in [1.807, 2.05) is 81.4 Å². The Balaban J connectivity index is 0.000000264. The van der Waals surface area contributed by atoms with E-state index in [4.69, 9.17) is 19.3 Å². The van der Waals surface area contributed by atoms with Gasteiger partial charge in [0.2, 0.25) is 0 Å². The summed E-state index contributed by atoms with van der Waals surface area (Å²) in [5.74, 6) is 0.0937. The van der Waals surface area contributed by atoms with E-state index in [1.165, 1.54) is 129 Å². The molecule has 0 atom stereocenters. The SMILES string of the molecule is CCCCCCCCCCCCCCOc1ccccc1NC(=O)c1cc(Sc2nnc(SCC(=O)O)s2)c2ccccc2c1O.Cc1ccc(OCCCCNC(=O)c2cc(Oc3ccc([N+](=O)[O-])cc3N(C)C(=O)SCCN(C)C)c3ccccc3c2O)c(C)c1. The number of fused-ring (bicyclic) bond motifs is 2. The van der Waals surface area contributed by atoms with Gasteiger partial charge in [0.25, 0.3) is 22.7 Å². The number of phenolic OH excluding ortho intramolecular Hbond substituents is 2. The fraction of sp³-hybridized carbons (Fsp3) is 0.371. The van der Waals surface area contributed by atoms with Gasteiger partial charge >= 0.3 is 5.97 Å². The van der Waals surface area contributed by atoms with E-state index >= 15 is 0 Å². The number of amides is 3. The number of thioether (sulfide) groups is 2. The lowest BCUT2D eigenvalue weighted by atomic mass is 10.0. The lowest BCUT2D eigenvalue weighted by molar-refractivity contribution is -0.384. The molecule has 0 aliphatic heterocycles. The van der Waals surface area contributed by atoms with Crippen LogP contribution in [0.1, 0.15) is 129 Å². The van der Waals surface area contributed by atoms with Crippen LogP contribution < -0.4 is 29.7 Å². The summed E-state index contributed by atoms with van der Waals surface area (Å²) >= 11 is 4.79. The molecule has 494 valence electrons. The molecule has 1 heterocycles. The number of nitro benzene ring substituents is 1. The van der Waals surface area contributed by atoms with Crippen molar-refractivity contribution in [1.82, 2.24) is 20.4 Å². The number of unbranched alkanes of at least 4 members (excludes halogenated alkanes) is 12. The zero-order valence-electron chi connectivity index (χ0n) is 53.6. The van der Waals surface area contributed by atoms with Crippen molar-refractivity contribution in [3.8, 4) is 34.5 Å². The summed E-state index contributed by atoms with van der Waals surface area (Å²) in [5.41, 5.74) is 2.90. The number of hydrogen-bond donors (Lipinski definition) is 5. The number of anilines is 2. The number of nitrogens with zero attached hydrogens (tertiary/aromatic N) is 5. The summed E-state index contributed by atoms with van der Waals surface area (Å²) in [4.78, 5) is 65.8. The third-order valence-electron chi connectivity index (χ3n) is 15.0. The van der Waals surface area contributed by atoms with Crippen LogP contribution in [0.4, 0.5) is 21.9 Å². The Morgan fingerprint density at radius 2 is 1.22 bits per heavy atom. The highest BCUT2D eigenvalue weighted by Gasteiger charge is 2.25. The molecular formula is C70H83N7O12S4. The number of ether oxygens (including phenoxy) is 3. The van der Waals surface area contributed by atoms with Gasteiger partial charge in [-0.25, -0.2) is 0 Å². The number of aromatic nitrogens is 2. The van der Waals surface area contributed by atoms with Crippen molar-refractivity contribution in [2.24, 2.45) is 0 Å². The van der Waals surface area contributed by atoms with Crippen LogP contribution in [0.25, 0.3) is 21.5 Å². The summed E-state index contributed by atoms with van der Waals surface area (Å²) in [6.07, 6.45) is 16.7. The largest absolute Gasteiger partial charge is 0.506 e. The van der Waals surface area contributed by atoms with Gasteiger partial charge < -0.3 is 50.0 Å². The van der Waals surface area contributed by atoms with E-state index in [0.29, 0.717) is 81.2 Å². The monoisotopic (exact) mass is 1340 g/mol. The van der Waals surface area contributed by atoms with Gasteiger partial charge in [-0.2, -0.15) is 0 Å². The minimum atomic E-state index is -0.925. The second kappa shape index (κ2) is 37.6. The summed E-state index contributed by atoms with van der Waals surface area (Å²) in [7, 11) is 5.33. The molecule has 93 heavy (non-hydrogen) atoms. The van der Waals surface area contributed by atoms with Crippen molar-refractivity contribution < 1.29 is 53.6 Å². The Kier molecular flexibility index (Phi) is 29.2. The zero-order valence-corrected chi connectivity index (χ0v) is 56.8. The Hall–Kier alpha value is -8.09. The van der Waals surface area contributed by atoms with Crippen LogP contribution in [0.15, 0.2) is 135 Å². The number of aryl methyl sites for hydroxylation is 2. The number of carboxylic acids is 1. The number of non-ortho nitro benzene ring substituents is 1. The van der Waals surface area contributed by atoms with Gasteiger partial charge in [-0.05, 0) is 94.6 Å². The van der Waals surface area contributed by atoms with Gasteiger partial charge in [-0.3, -0.25) is 29.3 Å². The first-order valence-corrected chi connectivity index (χ1v) is 34.9. The molecule has 3 amide bonds. The molecule has 7 aromatic carbocycles. The van der Waals surface area contributed by atoms with Crippen LogP contribution in [0.5, 0.6) is 34.5 Å². The molecule has 0 bridgehead atoms. The number of rotatable bonds is 35. The summed E-state index contributed by atoms with van der Waals surface area (Å²) < 4.78 is 19.4. The number of aromatic hydroxyl groups is 2. The van der Waals surface area contributed by atoms with E-state index in [0.717, 1.165) is 58.0 Å². The lowest BCUT2D eigenvalue weighted by Gasteiger charge is -2.21. The van der Waals surface area contributed by atoms with Gasteiger partial charge in [0, 0.05) is 59.1 Å². The molecule has 8 rings (SSSR count). The first-order chi connectivity index (χ1) is 44.9. The van der Waals surface area contributed by atoms with Crippen molar-refractivity contribution in [2.75, 3.05) is 69.2 Å². The van der Waals surface area contributed by atoms with Crippen molar-refractivity contribution >= 4 is 108 Å². The first-order valence-electron chi connectivity index (χ1n) is 31.3. The molecule has 0 radical (unpaired) electrons. The van der Waals surface area contributed by atoms with Crippen LogP contribution in [0, 0.1) is 24.0 Å². The number of hydrogen-bond acceptors (Lipinski definition) is 18. The second-order valence-electron chi connectivity index (χ2n) is 22.5. The van der Waals surface area contributed by atoms with Crippen LogP contribution in [-0.2, 0) is 4.79 Å². The summed E-state index contributed by atoms with van der Waals surface area (Å²) in [6, 6.07) is 34.7. The highest BCUT2D eigenvalue weighted by Crippen LogP contribution is 2.44. The third-order valence-corrected chi connectivity index (χ3v) is 19.0. The topological polar surface area (TPSA) is 256 Å². The first kappa shape index (κ1) is 72.3. The van der Waals surface area contributed by atoms with Gasteiger partial charge in [0.15, 0.2) is 14.4 Å². The zero-order chi connectivity index (χ0) is 66.7. The van der Waals surface area contributed by atoms with Crippen molar-refractivity contribution in [3.63, 3.8) is 0 Å². The summed E-state index contributed by atoms with van der Waals surface area (Å²) in [6.45, 7) is 8.40. The number of para-hydroxylation sites is 2. The fourth-order valence-corrected chi connectivity index (χ4v) is 13.8. The number of nitrogens with one attached hydrogen (secondary N) is 2. The second-order valence-corrected chi connectivity index (χ2v) is 27.0. The molecular weight excluding hydrogens is 1260 g/mol. The Morgan fingerprint density at radius 3 is 1.87 bits per heavy atom. The van der Waals surface area contributed by atoms with Crippen LogP contribution >= 0.6 is 46.6 Å². The third kappa shape index (κ3) is 22.3. The predicted molar refractivity (Wildman–Crippen MR) is 376 cm³/mol. The van der Waals surface area contributed by atoms with E-state index in [1.54, 1.807) is 42.5 Å². The molecule has 0 saturated carbocycles. The quantitative estimate of drug-likeness (QED) is 0.0107. The molecule has 0 fully saturated rings. The van der Waals surface area contributed by atoms with Gasteiger partial charge in [0.05, 0.1) is 46.4 Å². The standard InChI is InChI=1S/C35H40N4O7S.C35H43N3O5S3/c1-23-12-14-30(24(2)20-23)45-18-9-8-16-36-34(41)28-22-32(26-10-6-7-11-27(26)33(28)40)46-31-15-13-25(39(43)44)21-29(31)38(5)35(42)47-19-17-37(3)4;1-2-3-4-5-6-7-8-9-10-11-12-17-22-43-29-21-16-15-20-28(29)36-33(42)27-23-30(25-18-13-14-19-26(25)32(27)41)45-35-38-37-34(46-35)44-24-31(39)40/h6-7,10-15,20-22,40H,8-9,16-19H2,1-5H3,(H,36,41);13-16,18-21,23,41H,2-12,17,22,24H2,1H3,(H,36,42)(H,39,40). The van der Waals surface area contributed by atoms with E-state index in [9.17, 15) is 39.5 Å². The molecule has 19 nitrogen and oxygen atoms in total. The molecule has 5 N–H and O–H groups in total. The molecule has 23 heteroatoms. The molecule has 0 spiro atoms. The van der Waals surface area contributed by atoms with Crippen LogP contribution in [0.3, 0.4) is 0 Å². The molecule has 1 aromatic heterocycles. The minimum absolute atomic E-state index is 0.0114. The number of aliphatic carboxylic acids is 1.